The zero-order valence-corrected chi connectivity index (χ0v) is 8.64. The second kappa shape index (κ2) is 4.59. The van der Waals surface area contributed by atoms with Crippen molar-refractivity contribution in [3.05, 3.63) is 0 Å². The minimum absolute atomic E-state index is 0.378. The van der Waals surface area contributed by atoms with Crippen LogP contribution < -0.4 is 5.32 Å². The van der Waals surface area contributed by atoms with Crippen LogP contribution in [0.1, 0.15) is 26.2 Å². The summed E-state index contributed by atoms with van der Waals surface area (Å²) in [6.45, 7) is 5.11. The van der Waals surface area contributed by atoms with Gasteiger partial charge in [-0.3, -0.25) is 0 Å². The SMILES string of the molecule is CNC(C)(C#N)CN1CCCCC1. The lowest BCUT2D eigenvalue weighted by Gasteiger charge is -2.32. The van der Waals surface area contributed by atoms with Crippen LogP contribution in [0, 0.1) is 11.3 Å². The minimum Gasteiger partial charge on any atom is -0.302 e. The topological polar surface area (TPSA) is 39.1 Å². The Bertz CT molecular complexity index is 191. The average Bonchev–Trinajstić information content (AvgIpc) is 2.19. The third kappa shape index (κ3) is 2.98. The molecule has 74 valence electrons. The maximum absolute atomic E-state index is 8.98. The molecule has 0 radical (unpaired) electrons. The Morgan fingerprint density at radius 1 is 1.38 bits per heavy atom. The van der Waals surface area contributed by atoms with Crippen LogP contribution in [0.15, 0.2) is 0 Å². The van der Waals surface area contributed by atoms with Gasteiger partial charge in [-0.05, 0) is 39.9 Å². The molecule has 1 fully saturated rings. The number of piperidine rings is 1. The summed E-state index contributed by atoms with van der Waals surface area (Å²) in [6, 6.07) is 2.32. The van der Waals surface area contributed by atoms with E-state index in [0.29, 0.717) is 0 Å². The van der Waals surface area contributed by atoms with Crippen LogP contribution in [0.25, 0.3) is 0 Å². The number of hydrogen-bond donors (Lipinski definition) is 1. The summed E-state index contributed by atoms with van der Waals surface area (Å²) < 4.78 is 0. The number of nitrogens with zero attached hydrogens (tertiary/aromatic N) is 2. The van der Waals surface area contributed by atoms with Gasteiger partial charge >= 0.3 is 0 Å². The van der Waals surface area contributed by atoms with Crippen molar-refractivity contribution in [2.75, 3.05) is 26.7 Å². The minimum atomic E-state index is -0.378. The first-order chi connectivity index (χ1) is 6.20. The van der Waals surface area contributed by atoms with E-state index in [1.54, 1.807) is 0 Å². The summed E-state index contributed by atoms with van der Waals surface area (Å²) in [7, 11) is 1.85. The molecule has 0 aromatic carbocycles. The van der Waals surface area contributed by atoms with Crippen molar-refractivity contribution in [3.63, 3.8) is 0 Å². The first kappa shape index (κ1) is 10.5. The Morgan fingerprint density at radius 3 is 2.46 bits per heavy atom. The van der Waals surface area contributed by atoms with Gasteiger partial charge in [-0.2, -0.15) is 5.26 Å². The smallest absolute Gasteiger partial charge is 0.116 e. The van der Waals surface area contributed by atoms with E-state index in [-0.39, 0.29) is 5.54 Å². The molecule has 1 heterocycles. The zero-order valence-electron chi connectivity index (χ0n) is 8.64. The van der Waals surface area contributed by atoms with Gasteiger partial charge in [0.25, 0.3) is 0 Å². The maximum atomic E-state index is 8.98. The molecule has 1 unspecified atom stereocenters. The van der Waals surface area contributed by atoms with Crippen LogP contribution >= 0.6 is 0 Å². The Morgan fingerprint density at radius 2 is 2.00 bits per heavy atom. The van der Waals surface area contributed by atoms with Crippen molar-refractivity contribution in [3.8, 4) is 6.07 Å². The summed E-state index contributed by atoms with van der Waals surface area (Å²) in [5.74, 6) is 0. The van der Waals surface area contributed by atoms with Gasteiger partial charge in [0.05, 0.1) is 6.07 Å². The highest BCUT2D eigenvalue weighted by molar-refractivity contribution is 5.05. The van der Waals surface area contributed by atoms with Gasteiger partial charge in [-0.1, -0.05) is 6.42 Å². The first-order valence-corrected chi connectivity index (χ1v) is 5.03. The summed E-state index contributed by atoms with van der Waals surface area (Å²) >= 11 is 0. The van der Waals surface area contributed by atoms with Gasteiger partial charge in [-0.25, -0.2) is 0 Å². The number of nitrogens with one attached hydrogen (secondary N) is 1. The highest BCUT2D eigenvalue weighted by Gasteiger charge is 2.25. The Hall–Kier alpha value is -0.590. The van der Waals surface area contributed by atoms with Crippen molar-refractivity contribution < 1.29 is 0 Å². The molecular formula is C10H19N3. The third-order valence-corrected chi connectivity index (χ3v) is 2.79. The van der Waals surface area contributed by atoms with E-state index in [4.69, 9.17) is 5.26 Å². The Balaban J connectivity index is 2.41. The summed E-state index contributed by atoms with van der Waals surface area (Å²) in [5, 5.41) is 12.0. The number of likely N-dealkylation sites (tertiary alicyclic amines) is 1. The molecule has 0 saturated carbocycles. The lowest BCUT2D eigenvalue weighted by molar-refractivity contribution is 0.192. The van der Waals surface area contributed by atoms with Crippen LogP contribution in [-0.4, -0.2) is 37.1 Å². The van der Waals surface area contributed by atoms with Crippen LogP contribution in [0.2, 0.25) is 0 Å². The van der Waals surface area contributed by atoms with Gasteiger partial charge in [0.15, 0.2) is 0 Å². The van der Waals surface area contributed by atoms with Crippen molar-refractivity contribution in [1.82, 2.24) is 10.2 Å². The van der Waals surface area contributed by atoms with Crippen molar-refractivity contribution in [1.29, 1.82) is 5.26 Å². The lowest BCUT2D eigenvalue weighted by Crippen LogP contribution is -2.50. The van der Waals surface area contributed by atoms with Gasteiger partial charge in [0.2, 0.25) is 0 Å². The van der Waals surface area contributed by atoms with E-state index < -0.39 is 0 Å². The fraction of sp³-hybridized carbons (Fsp3) is 0.900. The second-order valence-electron chi connectivity index (χ2n) is 4.03. The fourth-order valence-corrected chi connectivity index (χ4v) is 1.74. The Labute approximate surface area is 80.7 Å². The number of nitriles is 1. The molecule has 1 atom stereocenters. The standard InChI is InChI=1S/C10H19N3/c1-10(8-11,12-2)9-13-6-4-3-5-7-13/h12H,3-7,9H2,1-2H3. The predicted octanol–water partition coefficient (Wildman–Crippen LogP) is 0.974. The van der Waals surface area contributed by atoms with Crippen LogP contribution in [0.3, 0.4) is 0 Å². The molecule has 0 aromatic rings. The zero-order chi connectivity index (χ0) is 9.73. The number of hydrogen-bond acceptors (Lipinski definition) is 3. The molecule has 0 amide bonds. The fourth-order valence-electron chi connectivity index (χ4n) is 1.74. The highest BCUT2D eigenvalue weighted by atomic mass is 15.2. The van der Waals surface area contributed by atoms with Gasteiger partial charge < -0.3 is 10.2 Å². The largest absolute Gasteiger partial charge is 0.302 e. The van der Waals surface area contributed by atoms with Crippen LogP contribution in [-0.2, 0) is 0 Å². The molecule has 1 aliphatic rings. The summed E-state index contributed by atoms with van der Waals surface area (Å²) in [4.78, 5) is 2.38. The molecule has 13 heavy (non-hydrogen) atoms. The molecule has 0 bridgehead atoms. The molecule has 1 aliphatic heterocycles. The average molecular weight is 181 g/mol. The molecule has 1 N–H and O–H groups in total. The van der Waals surface area contributed by atoms with E-state index in [9.17, 15) is 0 Å². The Kier molecular flexibility index (Phi) is 3.71. The van der Waals surface area contributed by atoms with E-state index in [0.717, 1.165) is 19.6 Å². The normalized spacial score (nSPS) is 23.5. The molecule has 1 saturated heterocycles. The predicted molar refractivity (Wildman–Crippen MR) is 53.4 cm³/mol. The highest BCUT2D eigenvalue weighted by Crippen LogP contribution is 2.12. The second-order valence-corrected chi connectivity index (χ2v) is 4.03. The van der Waals surface area contributed by atoms with Crippen molar-refractivity contribution in [2.24, 2.45) is 0 Å². The van der Waals surface area contributed by atoms with Gasteiger partial charge in [0, 0.05) is 6.54 Å². The first-order valence-electron chi connectivity index (χ1n) is 5.03. The molecule has 3 heteroatoms. The maximum Gasteiger partial charge on any atom is 0.116 e. The number of rotatable bonds is 3. The van der Waals surface area contributed by atoms with E-state index >= 15 is 0 Å². The van der Waals surface area contributed by atoms with Crippen LogP contribution in [0.4, 0.5) is 0 Å². The molecule has 0 aromatic heterocycles. The summed E-state index contributed by atoms with van der Waals surface area (Å²) in [5.41, 5.74) is -0.378. The van der Waals surface area contributed by atoms with Crippen molar-refractivity contribution in [2.45, 2.75) is 31.7 Å². The molecular weight excluding hydrogens is 162 g/mol. The van der Waals surface area contributed by atoms with Gasteiger partial charge in [-0.15, -0.1) is 0 Å². The summed E-state index contributed by atoms with van der Waals surface area (Å²) in [6.07, 6.45) is 3.91. The third-order valence-electron chi connectivity index (χ3n) is 2.79. The van der Waals surface area contributed by atoms with E-state index in [1.807, 2.05) is 14.0 Å². The quantitative estimate of drug-likeness (QED) is 0.705. The monoisotopic (exact) mass is 181 g/mol. The molecule has 0 spiro atoms. The van der Waals surface area contributed by atoms with Crippen molar-refractivity contribution >= 4 is 0 Å². The number of likely N-dealkylation sites (N-methyl/N-ethyl adjacent to an activating group) is 1. The van der Waals surface area contributed by atoms with E-state index in [1.165, 1.54) is 19.3 Å². The molecule has 3 nitrogen and oxygen atoms in total. The van der Waals surface area contributed by atoms with Crippen LogP contribution in [0.5, 0.6) is 0 Å². The molecule has 1 rings (SSSR count). The van der Waals surface area contributed by atoms with E-state index in [2.05, 4.69) is 16.3 Å². The van der Waals surface area contributed by atoms with Gasteiger partial charge in [0.1, 0.15) is 5.54 Å². The molecule has 0 aliphatic carbocycles. The lowest BCUT2D eigenvalue weighted by atomic mass is 10.0.